The zero-order valence-electron chi connectivity index (χ0n) is 22.8. The van der Waals surface area contributed by atoms with Crippen molar-refractivity contribution >= 4 is 35.0 Å². The van der Waals surface area contributed by atoms with Crippen LogP contribution in [0.15, 0.2) is 24.4 Å². The SMILES string of the molecule is CC[C@@H]1C(=O)N(C)c2cnc(N3CCc4cc(C(=O)NC5CCN(C)CC5)ccc43)nc2N1C1CCCC1. The van der Waals surface area contributed by atoms with Crippen LogP contribution in [0.5, 0.6) is 0 Å². The Bertz CT molecular complexity index is 1220. The summed E-state index contributed by atoms with van der Waals surface area (Å²) in [6, 6.07) is 6.39. The smallest absolute Gasteiger partial charge is 0.251 e. The summed E-state index contributed by atoms with van der Waals surface area (Å²) < 4.78 is 0. The van der Waals surface area contributed by atoms with Gasteiger partial charge in [0.05, 0.1) is 6.20 Å². The highest BCUT2D eigenvalue weighted by Crippen LogP contribution is 2.41. The summed E-state index contributed by atoms with van der Waals surface area (Å²) in [6.45, 7) is 4.89. The summed E-state index contributed by atoms with van der Waals surface area (Å²) in [6.07, 6.45) is 9.99. The van der Waals surface area contributed by atoms with Crippen molar-refractivity contribution < 1.29 is 9.59 Å². The van der Waals surface area contributed by atoms with Gasteiger partial charge in [0.15, 0.2) is 5.82 Å². The number of hydrogen-bond donors (Lipinski definition) is 1. The van der Waals surface area contributed by atoms with E-state index in [2.05, 4.69) is 34.0 Å². The number of benzene rings is 1. The van der Waals surface area contributed by atoms with Crippen molar-refractivity contribution in [2.75, 3.05) is 48.4 Å². The van der Waals surface area contributed by atoms with E-state index in [0.717, 1.165) is 80.9 Å². The van der Waals surface area contributed by atoms with Gasteiger partial charge in [-0.1, -0.05) is 19.8 Å². The molecule has 9 nitrogen and oxygen atoms in total. The van der Waals surface area contributed by atoms with Crippen LogP contribution in [0.3, 0.4) is 0 Å². The van der Waals surface area contributed by atoms with Gasteiger partial charge in [0.25, 0.3) is 5.91 Å². The van der Waals surface area contributed by atoms with Crippen LogP contribution in [-0.4, -0.2) is 78.5 Å². The summed E-state index contributed by atoms with van der Waals surface area (Å²) in [5.74, 6) is 1.67. The van der Waals surface area contributed by atoms with Crippen molar-refractivity contribution in [1.82, 2.24) is 20.2 Å². The molecule has 4 heterocycles. The van der Waals surface area contributed by atoms with Crippen molar-refractivity contribution in [2.24, 2.45) is 0 Å². The van der Waals surface area contributed by atoms with E-state index in [9.17, 15) is 9.59 Å². The minimum absolute atomic E-state index is 0.0105. The number of carbonyl (C=O) groups is 2. The van der Waals surface area contributed by atoms with E-state index in [1.165, 1.54) is 12.8 Å². The van der Waals surface area contributed by atoms with Gasteiger partial charge < -0.3 is 24.9 Å². The first kappa shape index (κ1) is 25.1. The van der Waals surface area contributed by atoms with Crippen molar-refractivity contribution in [1.29, 1.82) is 0 Å². The molecule has 0 radical (unpaired) electrons. The molecule has 0 bridgehead atoms. The number of fused-ring (bicyclic) bond motifs is 2. The Morgan fingerprint density at radius 1 is 1.05 bits per heavy atom. The van der Waals surface area contributed by atoms with Gasteiger partial charge in [-0.05, 0) is 82.4 Å². The summed E-state index contributed by atoms with van der Waals surface area (Å²) in [7, 11) is 3.96. The lowest BCUT2D eigenvalue weighted by atomic mass is 10.0. The fourth-order valence-corrected chi connectivity index (χ4v) is 6.68. The van der Waals surface area contributed by atoms with Gasteiger partial charge >= 0.3 is 0 Å². The molecule has 0 spiro atoms. The van der Waals surface area contributed by atoms with Crippen LogP contribution in [0.2, 0.25) is 0 Å². The van der Waals surface area contributed by atoms with Crippen molar-refractivity contribution in [2.45, 2.75) is 76.4 Å². The molecule has 2 amide bonds. The summed E-state index contributed by atoms with van der Waals surface area (Å²) in [4.78, 5) is 44.5. The van der Waals surface area contributed by atoms with Crippen LogP contribution in [0, 0.1) is 0 Å². The predicted octanol–water partition coefficient (Wildman–Crippen LogP) is 3.50. The van der Waals surface area contributed by atoms with Gasteiger partial charge in [-0.3, -0.25) is 9.59 Å². The molecule has 1 aromatic carbocycles. The maximum absolute atomic E-state index is 13.2. The Morgan fingerprint density at radius 3 is 2.55 bits per heavy atom. The summed E-state index contributed by atoms with van der Waals surface area (Å²) in [5, 5.41) is 3.23. The molecule has 1 aliphatic carbocycles. The Hall–Kier alpha value is -3.20. The van der Waals surface area contributed by atoms with E-state index >= 15 is 0 Å². The number of carbonyl (C=O) groups excluding carboxylic acids is 2. The molecule has 4 aliphatic rings. The van der Waals surface area contributed by atoms with E-state index in [1.807, 2.05) is 31.4 Å². The number of piperidine rings is 1. The second-order valence-electron chi connectivity index (χ2n) is 11.3. The average Bonchev–Trinajstić information content (AvgIpc) is 3.61. The number of nitrogens with one attached hydrogen (secondary N) is 1. The summed E-state index contributed by atoms with van der Waals surface area (Å²) in [5.41, 5.74) is 3.71. The maximum Gasteiger partial charge on any atom is 0.251 e. The molecule has 1 atom stereocenters. The molecule has 1 saturated heterocycles. The topological polar surface area (TPSA) is 84.9 Å². The third kappa shape index (κ3) is 4.40. The van der Waals surface area contributed by atoms with E-state index in [-0.39, 0.29) is 23.9 Å². The molecule has 202 valence electrons. The van der Waals surface area contributed by atoms with Crippen molar-refractivity contribution in [3.05, 3.63) is 35.5 Å². The third-order valence-electron chi connectivity index (χ3n) is 8.93. The number of anilines is 4. The molecule has 3 aliphatic heterocycles. The van der Waals surface area contributed by atoms with E-state index in [1.54, 1.807) is 4.90 Å². The van der Waals surface area contributed by atoms with Gasteiger partial charge in [0.2, 0.25) is 11.9 Å². The van der Waals surface area contributed by atoms with Crippen LogP contribution >= 0.6 is 0 Å². The first-order valence-corrected chi connectivity index (χ1v) is 14.3. The highest BCUT2D eigenvalue weighted by atomic mass is 16.2. The maximum atomic E-state index is 13.2. The van der Waals surface area contributed by atoms with Crippen LogP contribution in [-0.2, 0) is 11.2 Å². The van der Waals surface area contributed by atoms with Crippen LogP contribution in [0.4, 0.5) is 23.1 Å². The predicted molar refractivity (Wildman–Crippen MR) is 149 cm³/mol. The number of aromatic nitrogens is 2. The van der Waals surface area contributed by atoms with Crippen molar-refractivity contribution in [3.8, 4) is 0 Å². The quantitative estimate of drug-likeness (QED) is 0.650. The lowest BCUT2D eigenvalue weighted by Crippen LogP contribution is -2.55. The highest BCUT2D eigenvalue weighted by Gasteiger charge is 2.41. The zero-order chi connectivity index (χ0) is 26.4. The monoisotopic (exact) mass is 517 g/mol. The minimum atomic E-state index is -0.185. The number of amides is 2. The Kier molecular flexibility index (Phi) is 6.72. The normalized spacial score (nSPS) is 22.7. The number of nitrogens with zero attached hydrogens (tertiary/aromatic N) is 6. The van der Waals surface area contributed by atoms with E-state index < -0.39 is 0 Å². The second-order valence-corrected chi connectivity index (χ2v) is 11.3. The lowest BCUT2D eigenvalue weighted by Gasteiger charge is -2.43. The number of rotatable bonds is 5. The molecule has 1 saturated carbocycles. The van der Waals surface area contributed by atoms with Crippen LogP contribution < -0.4 is 20.0 Å². The standard InChI is InChI=1S/C29H39N7O2/c1-4-23-28(38)34(3)25-18-30-29(32-26(25)36(23)22-7-5-6-8-22)35-16-11-19-17-20(9-10-24(19)35)27(37)31-21-12-14-33(2)15-13-21/h9-10,17-18,21-23H,4-8,11-16H2,1-3H3,(H,31,37)/t23-/m1/s1. The minimum Gasteiger partial charge on any atom is -0.349 e. The number of likely N-dealkylation sites (tertiary alicyclic amines) is 1. The number of likely N-dealkylation sites (N-methyl/N-ethyl adjacent to an activating group) is 1. The Labute approximate surface area is 225 Å². The molecular formula is C29H39N7O2. The fraction of sp³-hybridized carbons (Fsp3) is 0.586. The molecule has 2 aromatic rings. The van der Waals surface area contributed by atoms with Gasteiger partial charge in [-0.25, -0.2) is 4.98 Å². The molecule has 9 heteroatoms. The van der Waals surface area contributed by atoms with E-state index in [0.29, 0.717) is 17.6 Å². The van der Waals surface area contributed by atoms with Gasteiger partial charge in [0, 0.05) is 36.9 Å². The molecule has 0 unspecified atom stereocenters. The second kappa shape index (κ2) is 10.2. The molecule has 6 rings (SSSR count). The van der Waals surface area contributed by atoms with Crippen molar-refractivity contribution in [3.63, 3.8) is 0 Å². The Balaban J connectivity index is 1.26. The largest absolute Gasteiger partial charge is 0.349 e. The lowest BCUT2D eigenvalue weighted by molar-refractivity contribution is -0.120. The molecule has 1 N–H and O–H groups in total. The molecule has 2 fully saturated rings. The van der Waals surface area contributed by atoms with Crippen LogP contribution in [0.1, 0.15) is 67.8 Å². The first-order valence-electron chi connectivity index (χ1n) is 14.3. The fourth-order valence-electron chi connectivity index (χ4n) is 6.68. The van der Waals surface area contributed by atoms with Gasteiger partial charge in [0.1, 0.15) is 11.7 Å². The highest BCUT2D eigenvalue weighted by molar-refractivity contribution is 6.04. The zero-order valence-corrected chi connectivity index (χ0v) is 22.8. The van der Waals surface area contributed by atoms with Crippen LogP contribution in [0.25, 0.3) is 0 Å². The Morgan fingerprint density at radius 2 is 1.82 bits per heavy atom. The molecular weight excluding hydrogens is 478 g/mol. The molecule has 1 aromatic heterocycles. The average molecular weight is 518 g/mol. The third-order valence-corrected chi connectivity index (χ3v) is 8.93. The van der Waals surface area contributed by atoms with Gasteiger partial charge in [-0.15, -0.1) is 0 Å². The first-order chi connectivity index (χ1) is 18.4. The molecule has 38 heavy (non-hydrogen) atoms. The summed E-state index contributed by atoms with van der Waals surface area (Å²) >= 11 is 0. The van der Waals surface area contributed by atoms with Gasteiger partial charge in [-0.2, -0.15) is 4.98 Å². The van der Waals surface area contributed by atoms with E-state index in [4.69, 9.17) is 9.97 Å². The number of hydrogen-bond acceptors (Lipinski definition) is 7.